The summed E-state index contributed by atoms with van der Waals surface area (Å²) in [6, 6.07) is 4.10. The van der Waals surface area contributed by atoms with Crippen LogP contribution in [-0.2, 0) is 19.9 Å². The molecule has 1 N–H and O–H groups in total. The average Bonchev–Trinajstić information content (AvgIpc) is 2.85. The van der Waals surface area contributed by atoms with Gasteiger partial charge in [-0.2, -0.15) is 5.10 Å². The second-order valence-corrected chi connectivity index (χ2v) is 4.63. The minimum absolute atomic E-state index is 0.104. The number of aryl methyl sites for hydroxylation is 2. The zero-order chi connectivity index (χ0) is 14.5. The van der Waals surface area contributed by atoms with Crippen molar-refractivity contribution < 1.29 is 4.74 Å². The lowest BCUT2D eigenvalue weighted by Gasteiger charge is -2.15. The lowest BCUT2D eigenvalue weighted by molar-refractivity contribution is 0.394. The van der Waals surface area contributed by atoms with Crippen LogP contribution in [0.15, 0.2) is 18.5 Å². The van der Waals surface area contributed by atoms with E-state index >= 15 is 0 Å². The van der Waals surface area contributed by atoms with Crippen molar-refractivity contribution in [2.24, 2.45) is 7.05 Å². The predicted octanol–water partition coefficient (Wildman–Crippen LogP) is 1.28. The molecule has 0 aromatic carbocycles. The molecule has 20 heavy (non-hydrogen) atoms. The van der Waals surface area contributed by atoms with Crippen molar-refractivity contribution in [2.75, 3.05) is 14.2 Å². The van der Waals surface area contributed by atoms with Crippen LogP contribution in [0.4, 0.5) is 0 Å². The molecular weight excluding hydrogens is 254 g/mol. The molecule has 0 radical (unpaired) electrons. The number of methoxy groups -OCH3 is 1. The summed E-state index contributed by atoms with van der Waals surface area (Å²) in [5.41, 5.74) is 3.20. The molecular formula is C14H21N5O. The average molecular weight is 275 g/mol. The fourth-order valence-corrected chi connectivity index (χ4v) is 2.15. The third kappa shape index (κ3) is 3.14. The van der Waals surface area contributed by atoms with Gasteiger partial charge in [0.25, 0.3) is 0 Å². The first kappa shape index (κ1) is 14.5. The highest BCUT2D eigenvalue weighted by molar-refractivity contribution is 5.20. The first-order valence-corrected chi connectivity index (χ1v) is 6.72. The zero-order valence-electron chi connectivity index (χ0n) is 12.4. The third-order valence-electron chi connectivity index (χ3n) is 3.38. The molecule has 6 nitrogen and oxygen atoms in total. The predicted molar refractivity (Wildman–Crippen MR) is 76.7 cm³/mol. The highest BCUT2D eigenvalue weighted by Crippen LogP contribution is 2.19. The molecule has 6 heteroatoms. The molecule has 1 unspecified atom stereocenters. The number of nitrogens with zero attached hydrogens (tertiary/aromatic N) is 4. The Bertz CT molecular complexity index is 566. The van der Waals surface area contributed by atoms with Gasteiger partial charge < -0.3 is 10.1 Å². The Kier molecular flexibility index (Phi) is 4.68. The Morgan fingerprint density at radius 3 is 2.75 bits per heavy atom. The molecule has 2 rings (SSSR count). The first-order valence-electron chi connectivity index (χ1n) is 6.72. The van der Waals surface area contributed by atoms with Crippen molar-refractivity contribution in [1.82, 2.24) is 25.1 Å². The van der Waals surface area contributed by atoms with Gasteiger partial charge in [0.2, 0.25) is 5.88 Å². The van der Waals surface area contributed by atoms with E-state index in [1.807, 2.05) is 24.8 Å². The molecule has 1 atom stereocenters. The Balaban J connectivity index is 2.21. The van der Waals surface area contributed by atoms with E-state index in [4.69, 9.17) is 4.74 Å². The molecule has 0 spiro atoms. The largest absolute Gasteiger partial charge is 0.481 e. The third-order valence-corrected chi connectivity index (χ3v) is 3.38. The maximum atomic E-state index is 5.15. The lowest BCUT2D eigenvalue weighted by atomic mass is 10.1. The smallest absolute Gasteiger partial charge is 0.216 e. The Hall–Kier alpha value is -1.95. The highest BCUT2D eigenvalue weighted by atomic mass is 16.5. The molecule has 0 amide bonds. The number of rotatable bonds is 6. The standard InChI is InChI=1S/C14H21N5O/c1-5-10-6-11(19(3)18-10)7-12(15-2)13-8-14(20-4)17-9-16-13/h6,8-9,12,15H,5,7H2,1-4H3. The number of ether oxygens (including phenoxy) is 1. The normalized spacial score (nSPS) is 12.4. The van der Waals surface area contributed by atoms with Crippen LogP contribution in [0.2, 0.25) is 0 Å². The zero-order valence-corrected chi connectivity index (χ0v) is 12.4. The highest BCUT2D eigenvalue weighted by Gasteiger charge is 2.15. The van der Waals surface area contributed by atoms with E-state index in [1.54, 1.807) is 7.11 Å². The number of nitrogens with one attached hydrogen (secondary N) is 1. The summed E-state index contributed by atoms with van der Waals surface area (Å²) in [5.74, 6) is 0.578. The quantitative estimate of drug-likeness (QED) is 0.860. The molecule has 2 aromatic heterocycles. The van der Waals surface area contributed by atoms with Crippen molar-refractivity contribution in [3.05, 3.63) is 35.5 Å². The van der Waals surface area contributed by atoms with E-state index in [1.165, 1.54) is 12.0 Å². The number of aromatic nitrogens is 4. The van der Waals surface area contributed by atoms with E-state index in [-0.39, 0.29) is 6.04 Å². The second-order valence-electron chi connectivity index (χ2n) is 4.63. The molecule has 0 aliphatic carbocycles. The molecule has 108 valence electrons. The molecule has 2 aromatic rings. The van der Waals surface area contributed by atoms with Crippen molar-refractivity contribution >= 4 is 0 Å². The first-order chi connectivity index (χ1) is 9.67. The van der Waals surface area contributed by atoms with Crippen LogP contribution in [0.5, 0.6) is 5.88 Å². The maximum absolute atomic E-state index is 5.15. The van der Waals surface area contributed by atoms with Crippen LogP contribution in [0.25, 0.3) is 0 Å². The number of hydrogen-bond acceptors (Lipinski definition) is 5. The van der Waals surface area contributed by atoms with Gasteiger partial charge >= 0.3 is 0 Å². The van der Waals surface area contributed by atoms with Gasteiger partial charge in [-0.25, -0.2) is 9.97 Å². The van der Waals surface area contributed by atoms with Gasteiger partial charge in [-0.05, 0) is 19.5 Å². The van der Waals surface area contributed by atoms with Crippen molar-refractivity contribution in [3.8, 4) is 5.88 Å². The maximum Gasteiger partial charge on any atom is 0.216 e. The Morgan fingerprint density at radius 2 is 2.15 bits per heavy atom. The van der Waals surface area contributed by atoms with Gasteiger partial charge in [-0.3, -0.25) is 4.68 Å². The van der Waals surface area contributed by atoms with Crippen molar-refractivity contribution in [1.29, 1.82) is 0 Å². The summed E-state index contributed by atoms with van der Waals surface area (Å²) in [4.78, 5) is 8.37. The Labute approximate surface area is 119 Å². The fourth-order valence-electron chi connectivity index (χ4n) is 2.15. The number of hydrogen-bond donors (Lipinski definition) is 1. The number of likely N-dealkylation sites (N-methyl/N-ethyl adjacent to an activating group) is 1. The monoisotopic (exact) mass is 275 g/mol. The van der Waals surface area contributed by atoms with Crippen molar-refractivity contribution in [3.63, 3.8) is 0 Å². The summed E-state index contributed by atoms with van der Waals surface area (Å²) < 4.78 is 7.08. The van der Waals surface area contributed by atoms with Gasteiger partial charge in [-0.1, -0.05) is 6.92 Å². The topological polar surface area (TPSA) is 64.9 Å². The van der Waals surface area contributed by atoms with E-state index in [0.717, 1.165) is 24.2 Å². The summed E-state index contributed by atoms with van der Waals surface area (Å²) in [7, 11) is 5.51. The van der Waals surface area contributed by atoms with Crippen LogP contribution in [0, 0.1) is 0 Å². The van der Waals surface area contributed by atoms with Crippen LogP contribution in [-0.4, -0.2) is 33.9 Å². The summed E-state index contributed by atoms with van der Waals surface area (Å²) in [6.45, 7) is 2.11. The Morgan fingerprint density at radius 1 is 1.35 bits per heavy atom. The summed E-state index contributed by atoms with van der Waals surface area (Å²) in [5, 5.41) is 7.76. The van der Waals surface area contributed by atoms with E-state index in [9.17, 15) is 0 Å². The molecule has 2 heterocycles. The van der Waals surface area contributed by atoms with Gasteiger partial charge in [0.05, 0.1) is 24.5 Å². The van der Waals surface area contributed by atoms with Gasteiger partial charge in [0.15, 0.2) is 0 Å². The molecule has 0 fully saturated rings. The van der Waals surface area contributed by atoms with Gasteiger partial charge in [0, 0.05) is 25.2 Å². The van der Waals surface area contributed by atoms with Gasteiger partial charge in [0.1, 0.15) is 6.33 Å². The van der Waals surface area contributed by atoms with Crippen LogP contribution < -0.4 is 10.1 Å². The molecule has 0 aliphatic heterocycles. The summed E-state index contributed by atoms with van der Waals surface area (Å²) >= 11 is 0. The van der Waals surface area contributed by atoms with Crippen molar-refractivity contribution in [2.45, 2.75) is 25.8 Å². The SMILES string of the molecule is CCc1cc(CC(NC)c2cc(OC)ncn2)n(C)n1. The lowest BCUT2D eigenvalue weighted by Crippen LogP contribution is -2.21. The van der Waals surface area contributed by atoms with Crippen LogP contribution in [0.1, 0.15) is 30.0 Å². The summed E-state index contributed by atoms with van der Waals surface area (Å²) in [6.07, 6.45) is 3.29. The van der Waals surface area contributed by atoms with Gasteiger partial charge in [-0.15, -0.1) is 0 Å². The molecule has 0 aliphatic rings. The van der Waals surface area contributed by atoms with Crippen LogP contribution >= 0.6 is 0 Å². The second kappa shape index (κ2) is 6.47. The minimum atomic E-state index is 0.104. The van der Waals surface area contributed by atoms with E-state index < -0.39 is 0 Å². The molecule has 0 saturated carbocycles. The van der Waals surface area contributed by atoms with E-state index in [0.29, 0.717) is 5.88 Å². The van der Waals surface area contributed by atoms with Crippen LogP contribution in [0.3, 0.4) is 0 Å². The molecule has 0 saturated heterocycles. The molecule has 0 bridgehead atoms. The fraction of sp³-hybridized carbons (Fsp3) is 0.500. The minimum Gasteiger partial charge on any atom is -0.481 e. The van der Waals surface area contributed by atoms with E-state index in [2.05, 4.69) is 33.4 Å².